The number of hydrogen-bond acceptors (Lipinski definition) is 3. The van der Waals surface area contributed by atoms with Crippen molar-refractivity contribution in [1.29, 1.82) is 0 Å². The third-order valence-electron chi connectivity index (χ3n) is 2.50. The van der Waals surface area contributed by atoms with Gasteiger partial charge in [-0.3, -0.25) is 0 Å². The zero-order valence-corrected chi connectivity index (χ0v) is 11.8. The number of halogens is 3. The highest BCUT2D eigenvalue weighted by Gasteiger charge is 2.21. The van der Waals surface area contributed by atoms with Crippen LogP contribution in [0.4, 0.5) is 8.78 Å². The van der Waals surface area contributed by atoms with E-state index in [0.717, 1.165) is 15.9 Å². The monoisotopic (exact) mass is 333 g/mol. The van der Waals surface area contributed by atoms with Crippen LogP contribution in [0.25, 0.3) is 0 Å². The van der Waals surface area contributed by atoms with E-state index in [1.807, 2.05) is 0 Å². The third kappa shape index (κ3) is 2.55. The van der Waals surface area contributed by atoms with Gasteiger partial charge in [-0.05, 0) is 28.1 Å². The van der Waals surface area contributed by atoms with E-state index >= 15 is 0 Å². The second-order valence-electron chi connectivity index (χ2n) is 3.62. The van der Waals surface area contributed by atoms with Gasteiger partial charge in [0, 0.05) is 22.6 Å². The molecule has 18 heavy (non-hydrogen) atoms. The van der Waals surface area contributed by atoms with Crippen molar-refractivity contribution in [3.05, 3.63) is 50.1 Å². The van der Waals surface area contributed by atoms with Crippen LogP contribution in [0.15, 0.2) is 28.1 Å². The Morgan fingerprint density at radius 1 is 1.28 bits per heavy atom. The average molecular weight is 334 g/mol. The largest absolute Gasteiger partial charge is 0.497 e. The first kappa shape index (κ1) is 13.5. The number of thiophene rings is 1. The normalized spacial score (nSPS) is 12.5. The molecule has 2 N–H and O–H groups in total. The summed E-state index contributed by atoms with van der Waals surface area (Å²) in [5.41, 5.74) is 5.74. The Balaban J connectivity index is 2.44. The molecule has 0 spiro atoms. The van der Waals surface area contributed by atoms with Crippen LogP contribution in [-0.4, -0.2) is 7.11 Å². The molecule has 1 aromatic carbocycles. The van der Waals surface area contributed by atoms with Gasteiger partial charge >= 0.3 is 0 Å². The van der Waals surface area contributed by atoms with E-state index in [0.29, 0.717) is 4.88 Å². The molecule has 2 nitrogen and oxygen atoms in total. The summed E-state index contributed by atoms with van der Waals surface area (Å²) in [5.74, 6) is -1.28. The summed E-state index contributed by atoms with van der Waals surface area (Å²) < 4.78 is 33.3. The van der Waals surface area contributed by atoms with Crippen LogP contribution >= 0.6 is 27.3 Å². The zero-order valence-electron chi connectivity index (χ0n) is 9.41. The van der Waals surface area contributed by atoms with Crippen LogP contribution in [-0.2, 0) is 0 Å². The second-order valence-corrected chi connectivity index (χ2v) is 6.12. The van der Waals surface area contributed by atoms with Crippen molar-refractivity contribution in [2.45, 2.75) is 6.04 Å². The lowest BCUT2D eigenvalue weighted by molar-refractivity contribution is 0.404. The lowest BCUT2D eigenvalue weighted by Crippen LogP contribution is -2.14. The lowest BCUT2D eigenvalue weighted by atomic mass is 10.0. The molecular formula is C12H10BrF2NOS. The summed E-state index contributed by atoms with van der Waals surface area (Å²) in [6.07, 6.45) is 0. The molecule has 96 valence electrons. The van der Waals surface area contributed by atoms with Gasteiger partial charge in [-0.15, -0.1) is 11.3 Å². The zero-order chi connectivity index (χ0) is 13.3. The highest BCUT2D eigenvalue weighted by atomic mass is 79.9. The first-order valence-electron chi connectivity index (χ1n) is 5.06. The molecular weight excluding hydrogens is 324 g/mol. The van der Waals surface area contributed by atoms with Gasteiger partial charge in [-0.1, -0.05) is 0 Å². The molecule has 0 saturated carbocycles. The average Bonchev–Trinajstić information content (AvgIpc) is 2.74. The minimum Gasteiger partial charge on any atom is -0.497 e. The van der Waals surface area contributed by atoms with Gasteiger partial charge in [0.2, 0.25) is 0 Å². The molecule has 1 aromatic heterocycles. The Morgan fingerprint density at radius 2 is 1.89 bits per heavy atom. The van der Waals surface area contributed by atoms with Gasteiger partial charge in [0.05, 0.1) is 16.9 Å². The predicted octanol–water partition coefficient (Wildman–Crippen LogP) is 3.85. The van der Waals surface area contributed by atoms with Crippen molar-refractivity contribution in [2.75, 3.05) is 7.11 Å². The fraction of sp³-hybridized carbons (Fsp3) is 0.167. The third-order valence-corrected chi connectivity index (χ3v) is 4.21. The molecule has 1 atom stereocenters. The van der Waals surface area contributed by atoms with Crippen LogP contribution in [0.2, 0.25) is 0 Å². The van der Waals surface area contributed by atoms with Crippen molar-refractivity contribution >= 4 is 27.3 Å². The molecule has 0 bridgehead atoms. The van der Waals surface area contributed by atoms with Gasteiger partial charge in [0.1, 0.15) is 17.4 Å². The predicted molar refractivity (Wildman–Crippen MR) is 71.0 cm³/mol. The maximum absolute atomic E-state index is 13.8. The molecule has 2 aromatic rings. The standard InChI is InChI=1S/C12H10BrF2NOS/c1-17-6-4-7(14)11(8(15)5-6)12(16)9-2-3-10(13)18-9/h2-5,12H,16H2,1H3. The molecule has 0 aliphatic rings. The molecule has 0 radical (unpaired) electrons. The Hall–Kier alpha value is -0.980. The first-order chi connectivity index (χ1) is 8.52. The number of methoxy groups -OCH3 is 1. The smallest absolute Gasteiger partial charge is 0.134 e. The molecule has 1 heterocycles. The topological polar surface area (TPSA) is 35.2 Å². The molecule has 0 aliphatic carbocycles. The summed E-state index contributed by atoms with van der Waals surface area (Å²) in [5, 5.41) is 0. The SMILES string of the molecule is COc1cc(F)c(C(N)c2ccc(Br)s2)c(F)c1. The Bertz CT molecular complexity index is 550. The fourth-order valence-corrected chi connectivity index (χ4v) is 3.05. The van der Waals surface area contributed by atoms with E-state index in [2.05, 4.69) is 15.9 Å². The van der Waals surface area contributed by atoms with E-state index in [-0.39, 0.29) is 11.3 Å². The van der Waals surface area contributed by atoms with Crippen molar-refractivity contribution in [2.24, 2.45) is 5.73 Å². The van der Waals surface area contributed by atoms with E-state index in [4.69, 9.17) is 10.5 Å². The number of hydrogen-bond donors (Lipinski definition) is 1. The summed E-state index contributed by atoms with van der Waals surface area (Å²) in [4.78, 5) is 0.685. The molecule has 0 saturated heterocycles. The minimum absolute atomic E-state index is 0.133. The minimum atomic E-state index is -0.827. The van der Waals surface area contributed by atoms with Gasteiger partial charge < -0.3 is 10.5 Å². The van der Waals surface area contributed by atoms with E-state index in [1.54, 1.807) is 12.1 Å². The highest BCUT2D eigenvalue weighted by Crippen LogP contribution is 2.33. The number of rotatable bonds is 3. The van der Waals surface area contributed by atoms with Gasteiger partial charge in [-0.25, -0.2) is 8.78 Å². The second kappa shape index (κ2) is 5.34. The first-order valence-corrected chi connectivity index (χ1v) is 6.67. The Kier molecular flexibility index (Phi) is 3.99. The van der Waals surface area contributed by atoms with E-state index in [1.165, 1.54) is 18.4 Å². The van der Waals surface area contributed by atoms with E-state index in [9.17, 15) is 8.78 Å². The van der Waals surface area contributed by atoms with Gasteiger partial charge in [0.15, 0.2) is 0 Å². The fourth-order valence-electron chi connectivity index (χ4n) is 1.61. The van der Waals surface area contributed by atoms with Crippen LogP contribution in [0.5, 0.6) is 5.75 Å². The maximum atomic E-state index is 13.8. The maximum Gasteiger partial charge on any atom is 0.134 e. The van der Waals surface area contributed by atoms with Crippen LogP contribution in [0.3, 0.4) is 0 Å². The van der Waals surface area contributed by atoms with Gasteiger partial charge in [0.25, 0.3) is 0 Å². The Morgan fingerprint density at radius 3 is 2.33 bits per heavy atom. The van der Waals surface area contributed by atoms with E-state index < -0.39 is 17.7 Å². The van der Waals surface area contributed by atoms with Crippen molar-refractivity contribution in [1.82, 2.24) is 0 Å². The summed E-state index contributed by atoms with van der Waals surface area (Å²) >= 11 is 4.63. The quantitative estimate of drug-likeness (QED) is 0.925. The molecule has 6 heteroatoms. The number of nitrogens with two attached hydrogens (primary N) is 1. The molecule has 2 rings (SSSR count). The van der Waals surface area contributed by atoms with Crippen molar-refractivity contribution < 1.29 is 13.5 Å². The summed E-state index contributed by atoms with van der Waals surface area (Å²) in [6, 6.07) is 4.95. The van der Waals surface area contributed by atoms with Crippen molar-refractivity contribution in [3.8, 4) is 5.75 Å². The molecule has 0 aliphatic heterocycles. The van der Waals surface area contributed by atoms with Crippen LogP contribution in [0.1, 0.15) is 16.5 Å². The van der Waals surface area contributed by atoms with Crippen molar-refractivity contribution in [3.63, 3.8) is 0 Å². The number of ether oxygens (including phenoxy) is 1. The molecule has 1 unspecified atom stereocenters. The Labute approximate surface area is 116 Å². The van der Waals surface area contributed by atoms with Gasteiger partial charge in [-0.2, -0.15) is 0 Å². The summed E-state index contributed by atoms with van der Waals surface area (Å²) in [6.45, 7) is 0. The van der Waals surface area contributed by atoms with Crippen LogP contribution in [0, 0.1) is 11.6 Å². The molecule has 0 amide bonds. The lowest BCUT2D eigenvalue weighted by Gasteiger charge is -2.13. The highest BCUT2D eigenvalue weighted by molar-refractivity contribution is 9.11. The number of benzene rings is 1. The summed E-state index contributed by atoms with van der Waals surface area (Å²) in [7, 11) is 1.35. The van der Waals surface area contributed by atoms with Crippen LogP contribution < -0.4 is 10.5 Å². The molecule has 0 fully saturated rings.